The van der Waals surface area contributed by atoms with E-state index in [2.05, 4.69) is 15.0 Å². The summed E-state index contributed by atoms with van der Waals surface area (Å²) in [6.07, 6.45) is 0. The quantitative estimate of drug-likeness (QED) is 0.853. The average Bonchev–Trinajstić information content (AvgIpc) is 2.70. The number of rotatable bonds is 3. The van der Waals surface area contributed by atoms with Crippen molar-refractivity contribution in [3.8, 4) is 0 Å². The number of fused-ring (bicyclic) bond motifs is 1. The average molecular weight is 215 g/mol. The number of hydrogen-bond acceptors (Lipinski definition) is 2. The maximum atomic E-state index is 12.6. The third kappa shape index (κ3) is 1.67. The van der Waals surface area contributed by atoms with Gasteiger partial charge in [-0.2, -0.15) is 0 Å². The zero-order valence-corrected chi connectivity index (χ0v) is 7.73. The number of nitrogens with zero attached hydrogens (tertiary/aromatic N) is 2. The van der Waals surface area contributed by atoms with E-state index in [-0.39, 0.29) is 22.7 Å². The van der Waals surface area contributed by atoms with Gasteiger partial charge in [-0.15, -0.1) is 0 Å². The largest absolute Gasteiger partial charge is 0.340 e. The van der Waals surface area contributed by atoms with Crippen molar-refractivity contribution in [3.63, 3.8) is 0 Å². The number of H-pyrrole nitrogens is 1. The molecule has 15 heavy (non-hydrogen) atoms. The molecule has 0 amide bonds. The van der Waals surface area contributed by atoms with Crippen molar-refractivity contribution in [3.05, 3.63) is 23.3 Å². The summed E-state index contributed by atoms with van der Waals surface area (Å²) in [5.74, 6) is 0.0949. The lowest BCUT2D eigenvalue weighted by molar-refractivity contribution is 0.459. The second-order valence-corrected chi connectivity index (χ2v) is 3.04. The summed E-state index contributed by atoms with van der Waals surface area (Å²) in [6.45, 7) is -2.40. The van der Waals surface area contributed by atoms with Gasteiger partial charge in [-0.1, -0.05) is 0 Å². The molecule has 0 aromatic carbocycles. The van der Waals surface area contributed by atoms with Crippen LogP contribution in [0.15, 0.2) is 6.07 Å². The lowest BCUT2D eigenvalue weighted by atomic mass is 10.2. The first kappa shape index (κ1) is 9.95. The molecule has 0 unspecified atom stereocenters. The van der Waals surface area contributed by atoms with Gasteiger partial charge in [0.15, 0.2) is 0 Å². The van der Waals surface area contributed by atoms with Crippen molar-refractivity contribution >= 4 is 11.0 Å². The highest BCUT2D eigenvalue weighted by Gasteiger charge is 2.10. The molecule has 0 fully saturated rings. The number of aromatic amines is 1. The van der Waals surface area contributed by atoms with Crippen LogP contribution < -0.4 is 0 Å². The van der Waals surface area contributed by atoms with Gasteiger partial charge >= 0.3 is 0 Å². The molecule has 2 aromatic rings. The number of halogens is 3. The number of hydrogen-bond donors (Lipinski definition) is 1. The van der Waals surface area contributed by atoms with Gasteiger partial charge < -0.3 is 4.98 Å². The molecule has 0 aliphatic heterocycles. The molecule has 80 valence electrons. The minimum Gasteiger partial charge on any atom is -0.340 e. The summed E-state index contributed by atoms with van der Waals surface area (Å²) >= 11 is 0. The SMILES string of the molecule is FCc1cc2[nH]c(CF)nc2c(CF)n1. The van der Waals surface area contributed by atoms with Crippen molar-refractivity contribution in [2.75, 3.05) is 0 Å². The Bertz CT molecular complexity index is 481. The van der Waals surface area contributed by atoms with Crippen LogP contribution in [0.4, 0.5) is 13.2 Å². The smallest absolute Gasteiger partial charge is 0.147 e. The minimum absolute atomic E-state index is 0.0381. The van der Waals surface area contributed by atoms with Gasteiger partial charge in [0.25, 0.3) is 0 Å². The van der Waals surface area contributed by atoms with E-state index in [0.29, 0.717) is 5.52 Å². The van der Waals surface area contributed by atoms with Gasteiger partial charge in [-0.25, -0.2) is 23.1 Å². The summed E-state index contributed by atoms with van der Waals surface area (Å²) in [5, 5.41) is 0. The number of alkyl halides is 3. The maximum Gasteiger partial charge on any atom is 0.147 e. The Labute approximate surface area is 83.4 Å². The Morgan fingerprint density at radius 3 is 2.47 bits per heavy atom. The van der Waals surface area contributed by atoms with Crippen molar-refractivity contribution in [2.24, 2.45) is 0 Å². The Morgan fingerprint density at radius 1 is 1.07 bits per heavy atom. The highest BCUT2D eigenvalue weighted by Crippen LogP contribution is 2.18. The van der Waals surface area contributed by atoms with E-state index < -0.39 is 20.0 Å². The predicted molar refractivity (Wildman–Crippen MR) is 48.3 cm³/mol. The van der Waals surface area contributed by atoms with Crippen molar-refractivity contribution in [2.45, 2.75) is 20.0 Å². The van der Waals surface area contributed by atoms with Gasteiger partial charge in [0, 0.05) is 0 Å². The first-order valence-electron chi connectivity index (χ1n) is 4.33. The van der Waals surface area contributed by atoms with Crippen LogP contribution in [-0.2, 0) is 20.0 Å². The van der Waals surface area contributed by atoms with Gasteiger partial charge in [-0.3, -0.25) is 0 Å². The van der Waals surface area contributed by atoms with Crippen LogP contribution in [0.25, 0.3) is 11.0 Å². The summed E-state index contributed by atoms with van der Waals surface area (Å²) in [4.78, 5) is 10.2. The first-order chi connectivity index (χ1) is 7.28. The molecule has 3 nitrogen and oxygen atoms in total. The topological polar surface area (TPSA) is 41.6 Å². The Balaban J connectivity index is 2.66. The van der Waals surface area contributed by atoms with Crippen LogP contribution in [0.3, 0.4) is 0 Å². The van der Waals surface area contributed by atoms with Crippen LogP contribution in [0.2, 0.25) is 0 Å². The third-order valence-electron chi connectivity index (χ3n) is 2.03. The molecule has 0 bridgehead atoms. The molecular weight excluding hydrogens is 207 g/mol. The fraction of sp³-hybridized carbons (Fsp3) is 0.333. The molecule has 0 saturated heterocycles. The van der Waals surface area contributed by atoms with E-state index in [9.17, 15) is 13.2 Å². The van der Waals surface area contributed by atoms with E-state index in [4.69, 9.17) is 0 Å². The summed E-state index contributed by atoms with van der Waals surface area (Å²) in [7, 11) is 0. The Morgan fingerprint density at radius 2 is 1.87 bits per heavy atom. The van der Waals surface area contributed by atoms with Crippen LogP contribution >= 0.6 is 0 Å². The van der Waals surface area contributed by atoms with E-state index >= 15 is 0 Å². The first-order valence-corrected chi connectivity index (χ1v) is 4.33. The third-order valence-corrected chi connectivity index (χ3v) is 2.03. The molecule has 6 heteroatoms. The fourth-order valence-corrected chi connectivity index (χ4v) is 1.41. The van der Waals surface area contributed by atoms with Crippen molar-refractivity contribution in [1.29, 1.82) is 0 Å². The fourth-order valence-electron chi connectivity index (χ4n) is 1.41. The molecule has 2 heterocycles. The Hall–Kier alpha value is -1.59. The van der Waals surface area contributed by atoms with Gasteiger partial charge in [0.05, 0.1) is 16.9 Å². The summed E-state index contributed by atoms with van der Waals surface area (Å²) < 4.78 is 37.2. The summed E-state index contributed by atoms with van der Waals surface area (Å²) in [5.41, 5.74) is 0.834. The zero-order chi connectivity index (χ0) is 10.8. The second kappa shape index (κ2) is 3.88. The predicted octanol–water partition coefficient (Wildman–Crippen LogP) is 2.37. The van der Waals surface area contributed by atoms with Gasteiger partial charge in [0.1, 0.15) is 31.4 Å². The lowest BCUT2D eigenvalue weighted by Crippen LogP contribution is -1.93. The van der Waals surface area contributed by atoms with E-state index in [0.717, 1.165) is 0 Å². The molecule has 2 rings (SSSR count). The number of pyridine rings is 1. The lowest BCUT2D eigenvalue weighted by Gasteiger charge is -1.98. The van der Waals surface area contributed by atoms with E-state index in [1.807, 2.05) is 0 Å². The normalized spacial score (nSPS) is 11.1. The highest BCUT2D eigenvalue weighted by atomic mass is 19.1. The monoisotopic (exact) mass is 215 g/mol. The molecule has 0 spiro atoms. The van der Waals surface area contributed by atoms with Gasteiger partial charge in [-0.05, 0) is 6.07 Å². The standard InChI is InChI=1S/C9H8F3N3/c10-2-5-1-6-9(7(3-11)13-5)15-8(4-12)14-6/h1H,2-4H2,(H,14,15). The number of aromatic nitrogens is 3. The van der Waals surface area contributed by atoms with Gasteiger partial charge in [0.2, 0.25) is 0 Å². The zero-order valence-electron chi connectivity index (χ0n) is 7.73. The summed E-state index contributed by atoms with van der Waals surface area (Å²) in [6, 6.07) is 1.40. The molecule has 2 aromatic heterocycles. The number of imidazole rings is 1. The van der Waals surface area contributed by atoms with Crippen molar-refractivity contribution in [1.82, 2.24) is 15.0 Å². The van der Waals surface area contributed by atoms with Crippen molar-refractivity contribution < 1.29 is 13.2 Å². The number of nitrogens with one attached hydrogen (secondary N) is 1. The molecule has 0 saturated carbocycles. The molecule has 1 N–H and O–H groups in total. The van der Waals surface area contributed by atoms with Crippen LogP contribution in [-0.4, -0.2) is 15.0 Å². The minimum atomic E-state index is -0.846. The van der Waals surface area contributed by atoms with Crippen LogP contribution in [0.5, 0.6) is 0 Å². The van der Waals surface area contributed by atoms with E-state index in [1.165, 1.54) is 6.07 Å². The molecular formula is C9H8F3N3. The molecule has 0 aliphatic carbocycles. The second-order valence-electron chi connectivity index (χ2n) is 3.04. The molecule has 0 radical (unpaired) electrons. The Kier molecular flexibility index (Phi) is 2.57. The molecule has 0 atom stereocenters. The van der Waals surface area contributed by atoms with E-state index in [1.54, 1.807) is 0 Å². The molecule has 0 aliphatic rings. The highest BCUT2D eigenvalue weighted by molar-refractivity contribution is 5.77. The van der Waals surface area contributed by atoms with Crippen LogP contribution in [0, 0.1) is 0 Å². The maximum absolute atomic E-state index is 12.6. The van der Waals surface area contributed by atoms with Crippen LogP contribution in [0.1, 0.15) is 17.2 Å².